The van der Waals surface area contributed by atoms with Crippen LogP contribution < -0.4 is 5.73 Å². The van der Waals surface area contributed by atoms with Gasteiger partial charge in [0.2, 0.25) is 0 Å². The number of nitrogens with two attached hydrogens (primary N) is 1. The van der Waals surface area contributed by atoms with Crippen LogP contribution in [0.15, 0.2) is 62.3 Å². The Morgan fingerprint density at radius 2 is 1.80 bits per heavy atom. The lowest BCUT2D eigenvalue weighted by molar-refractivity contribution is 1.11. The van der Waals surface area contributed by atoms with Gasteiger partial charge >= 0.3 is 0 Å². The Balaban J connectivity index is 2.21. The first-order valence-corrected chi connectivity index (χ1v) is 4.24. The van der Waals surface area contributed by atoms with Gasteiger partial charge < -0.3 is 5.73 Å². The molecule has 1 aromatic rings. The molecule has 6 nitrogen and oxygen atoms in total. The smallest absolute Gasteiger partial charge is 0.198 e. The van der Waals surface area contributed by atoms with E-state index in [1.165, 1.54) is 0 Å². The molecule has 6 heteroatoms. The fourth-order valence-electron chi connectivity index (χ4n) is 1.02. The molecule has 1 heterocycles. The third-order valence-corrected chi connectivity index (χ3v) is 1.75. The van der Waals surface area contributed by atoms with Crippen LogP contribution in [0, 0.1) is 5.41 Å². The van der Waals surface area contributed by atoms with Crippen molar-refractivity contribution in [1.82, 2.24) is 0 Å². The van der Waals surface area contributed by atoms with Gasteiger partial charge in [0.05, 0.1) is 5.69 Å². The minimum absolute atomic E-state index is 0.0628. The Labute approximate surface area is 85.7 Å². The van der Waals surface area contributed by atoms with Crippen LogP contribution in [0.2, 0.25) is 0 Å². The van der Waals surface area contributed by atoms with Crippen LogP contribution in [0.3, 0.4) is 0 Å². The Hall–Kier alpha value is -2.37. The summed E-state index contributed by atoms with van der Waals surface area (Å²) in [7, 11) is 0. The van der Waals surface area contributed by atoms with Gasteiger partial charge in [-0.2, -0.15) is 5.11 Å². The van der Waals surface area contributed by atoms with Crippen molar-refractivity contribution in [3.63, 3.8) is 0 Å². The summed E-state index contributed by atoms with van der Waals surface area (Å²) < 4.78 is 0. The van der Waals surface area contributed by atoms with E-state index in [0.717, 1.165) is 0 Å². The summed E-state index contributed by atoms with van der Waals surface area (Å²) in [6, 6.07) is 9.18. The lowest BCUT2D eigenvalue weighted by atomic mass is 10.3. The summed E-state index contributed by atoms with van der Waals surface area (Å²) in [4.78, 5) is 0. The molecule has 3 N–H and O–H groups in total. The zero-order valence-corrected chi connectivity index (χ0v) is 7.75. The molecule has 0 aromatic heterocycles. The highest BCUT2D eigenvalue weighted by atomic mass is 15.3. The van der Waals surface area contributed by atoms with Gasteiger partial charge in [-0.25, -0.2) is 0 Å². The van der Waals surface area contributed by atoms with Gasteiger partial charge in [0, 0.05) is 0 Å². The molecule has 0 amide bonds. The zero-order valence-electron chi connectivity index (χ0n) is 7.75. The summed E-state index contributed by atoms with van der Waals surface area (Å²) in [6.45, 7) is 0. The Bertz CT molecular complexity index is 471. The van der Waals surface area contributed by atoms with Crippen LogP contribution in [-0.4, -0.2) is 5.84 Å². The molecule has 0 saturated heterocycles. The number of amidine groups is 1. The van der Waals surface area contributed by atoms with Crippen molar-refractivity contribution in [3.8, 4) is 0 Å². The van der Waals surface area contributed by atoms with Crippen molar-refractivity contribution in [3.05, 3.63) is 41.8 Å². The van der Waals surface area contributed by atoms with E-state index in [2.05, 4.69) is 20.5 Å². The Morgan fingerprint density at radius 1 is 1.07 bits per heavy atom. The number of nitrogens with one attached hydrogen (secondary N) is 1. The SMILES string of the molecule is N=C1N=NC(N)=C1/N=N/c1ccccc1. The maximum Gasteiger partial charge on any atom is 0.198 e. The van der Waals surface area contributed by atoms with E-state index in [9.17, 15) is 0 Å². The number of hydrogen-bond donors (Lipinski definition) is 2. The van der Waals surface area contributed by atoms with Crippen LogP contribution in [0.4, 0.5) is 5.69 Å². The number of nitrogens with zero attached hydrogens (tertiary/aromatic N) is 4. The summed E-state index contributed by atoms with van der Waals surface area (Å²) >= 11 is 0. The molecule has 1 aliphatic rings. The molecular formula is C9H8N6. The first-order chi connectivity index (χ1) is 7.27. The molecule has 15 heavy (non-hydrogen) atoms. The van der Waals surface area contributed by atoms with Gasteiger partial charge in [-0.05, 0) is 12.1 Å². The molecule has 0 fully saturated rings. The minimum atomic E-state index is -0.0628. The van der Waals surface area contributed by atoms with Crippen LogP contribution in [0.25, 0.3) is 0 Å². The first-order valence-electron chi connectivity index (χ1n) is 4.24. The van der Waals surface area contributed by atoms with Crippen LogP contribution in [-0.2, 0) is 0 Å². The van der Waals surface area contributed by atoms with Gasteiger partial charge in [-0.15, -0.1) is 15.3 Å². The number of rotatable bonds is 2. The molecule has 0 bridgehead atoms. The third kappa shape index (κ3) is 1.93. The molecule has 1 aliphatic heterocycles. The van der Waals surface area contributed by atoms with E-state index < -0.39 is 0 Å². The molecule has 0 spiro atoms. The van der Waals surface area contributed by atoms with Crippen molar-refractivity contribution in [2.24, 2.45) is 26.2 Å². The normalized spacial score (nSPS) is 15.6. The van der Waals surface area contributed by atoms with Crippen molar-refractivity contribution in [2.45, 2.75) is 0 Å². The summed E-state index contributed by atoms with van der Waals surface area (Å²) in [6.07, 6.45) is 0. The quantitative estimate of drug-likeness (QED) is 0.703. The van der Waals surface area contributed by atoms with E-state index in [4.69, 9.17) is 11.1 Å². The molecule has 2 rings (SSSR count). The molecular weight excluding hydrogens is 192 g/mol. The standard InChI is InChI=1S/C9H8N6/c10-8-7(9(11)15-14-8)13-12-6-4-2-1-3-5-6/h1-5,10H,11H2/b10-8?,13-12+. The molecule has 0 aliphatic carbocycles. The van der Waals surface area contributed by atoms with Crippen LogP contribution in [0.1, 0.15) is 0 Å². The van der Waals surface area contributed by atoms with Gasteiger partial charge in [0.25, 0.3) is 0 Å². The fraction of sp³-hybridized carbons (Fsp3) is 0. The molecule has 74 valence electrons. The highest BCUT2D eigenvalue weighted by Crippen LogP contribution is 2.17. The van der Waals surface area contributed by atoms with Gasteiger partial charge in [0.15, 0.2) is 17.4 Å². The predicted molar refractivity (Wildman–Crippen MR) is 54.8 cm³/mol. The molecule has 0 atom stereocenters. The second-order valence-corrected chi connectivity index (χ2v) is 2.82. The van der Waals surface area contributed by atoms with Gasteiger partial charge in [-0.3, -0.25) is 5.41 Å². The van der Waals surface area contributed by atoms with Crippen molar-refractivity contribution in [1.29, 1.82) is 5.41 Å². The minimum Gasteiger partial charge on any atom is -0.380 e. The molecule has 0 radical (unpaired) electrons. The second-order valence-electron chi connectivity index (χ2n) is 2.82. The monoisotopic (exact) mass is 200 g/mol. The van der Waals surface area contributed by atoms with Crippen molar-refractivity contribution < 1.29 is 0 Å². The molecule has 1 aromatic carbocycles. The number of azo groups is 2. The molecule has 0 saturated carbocycles. The third-order valence-electron chi connectivity index (χ3n) is 1.75. The number of hydrogen-bond acceptors (Lipinski definition) is 5. The number of benzene rings is 1. The largest absolute Gasteiger partial charge is 0.380 e. The average Bonchev–Trinajstić information content (AvgIpc) is 2.58. The predicted octanol–water partition coefficient (Wildman–Crippen LogP) is 2.34. The van der Waals surface area contributed by atoms with E-state index in [1.54, 1.807) is 12.1 Å². The highest BCUT2D eigenvalue weighted by molar-refractivity contribution is 5.97. The van der Waals surface area contributed by atoms with E-state index >= 15 is 0 Å². The van der Waals surface area contributed by atoms with Gasteiger partial charge in [-0.1, -0.05) is 18.2 Å². The lowest BCUT2D eigenvalue weighted by Crippen LogP contribution is -1.97. The van der Waals surface area contributed by atoms with E-state index in [1.807, 2.05) is 18.2 Å². The van der Waals surface area contributed by atoms with E-state index in [0.29, 0.717) is 5.69 Å². The Morgan fingerprint density at radius 3 is 2.40 bits per heavy atom. The first kappa shape index (κ1) is 9.20. The lowest BCUT2D eigenvalue weighted by Gasteiger charge is -1.92. The summed E-state index contributed by atoms with van der Waals surface area (Å²) in [5, 5.41) is 22.1. The maximum absolute atomic E-state index is 7.35. The molecule has 0 unspecified atom stereocenters. The van der Waals surface area contributed by atoms with Gasteiger partial charge in [0.1, 0.15) is 0 Å². The van der Waals surface area contributed by atoms with Crippen LogP contribution in [0.5, 0.6) is 0 Å². The summed E-state index contributed by atoms with van der Waals surface area (Å²) in [5.41, 5.74) is 6.36. The zero-order chi connectivity index (χ0) is 10.7. The van der Waals surface area contributed by atoms with Crippen molar-refractivity contribution in [2.75, 3.05) is 0 Å². The van der Waals surface area contributed by atoms with Crippen LogP contribution >= 0.6 is 0 Å². The van der Waals surface area contributed by atoms with E-state index in [-0.39, 0.29) is 17.4 Å². The average molecular weight is 200 g/mol. The maximum atomic E-state index is 7.35. The Kier molecular flexibility index (Phi) is 2.32. The fourth-order valence-corrected chi connectivity index (χ4v) is 1.02. The topological polar surface area (TPSA) is 99.3 Å². The second kappa shape index (κ2) is 3.79. The van der Waals surface area contributed by atoms with Crippen molar-refractivity contribution >= 4 is 11.5 Å². The summed E-state index contributed by atoms with van der Waals surface area (Å²) in [5.74, 6) is 0.0619. The highest BCUT2D eigenvalue weighted by Gasteiger charge is 2.15.